The SMILES string of the molecule is Cc1cccc(C(CO)(CO)Cc2cccc(O)c2)c1. The summed E-state index contributed by atoms with van der Waals surface area (Å²) in [5.74, 6) is 0.191. The molecule has 0 saturated heterocycles. The Balaban J connectivity index is 2.39. The van der Waals surface area contributed by atoms with Gasteiger partial charge in [-0.25, -0.2) is 0 Å². The number of aliphatic hydroxyl groups excluding tert-OH is 2. The quantitative estimate of drug-likeness (QED) is 0.781. The summed E-state index contributed by atoms with van der Waals surface area (Å²) in [5, 5.41) is 29.2. The van der Waals surface area contributed by atoms with Crippen LogP contribution < -0.4 is 0 Å². The van der Waals surface area contributed by atoms with Crippen LogP contribution in [0.1, 0.15) is 16.7 Å². The second-order valence-electron chi connectivity index (χ2n) is 5.31. The number of aryl methyl sites for hydroxylation is 1. The highest BCUT2D eigenvalue weighted by molar-refractivity contribution is 5.35. The minimum Gasteiger partial charge on any atom is -0.508 e. The van der Waals surface area contributed by atoms with Gasteiger partial charge in [0.25, 0.3) is 0 Å². The summed E-state index contributed by atoms with van der Waals surface area (Å²) in [6.07, 6.45) is 0.470. The first-order valence-electron chi connectivity index (χ1n) is 6.66. The van der Waals surface area contributed by atoms with Gasteiger partial charge < -0.3 is 15.3 Å². The molecule has 2 aromatic rings. The zero-order chi connectivity index (χ0) is 14.6. The fraction of sp³-hybridized carbons (Fsp3) is 0.294. The van der Waals surface area contributed by atoms with Crippen LogP contribution in [0, 0.1) is 6.92 Å². The number of aromatic hydroxyl groups is 1. The van der Waals surface area contributed by atoms with Gasteiger partial charge in [0.1, 0.15) is 5.75 Å². The minimum absolute atomic E-state index is 0.150. The monoisotopic (exact) mass is 272 g/mol. The maximum Gasteiger partial charge on any atom is 0.115 e. The van der Waals surface area contributed by atoms with E-state index in [1.165, 1.54) is 0 Å². The van der Waals surface area contributed by atoms with E-state index in [1.54, 1.807) is 18.2 Å². The molecule has 0 atom stereocenters. The first kappa shape index (κ1) is 14.6. The highest BCUT2D eigenvalue weighted by Gasteiger charge is 2.31. The Kier molecular flexibility index (Phi) is 4.42. The number of phenols is 1. The molecule has 0 heterocycles. The van der Waals surface area contributed by atoms with E-state index in [1.807, 2.05) is 37.3 Å². The number of aliphatic hydroxyl groups is 2. The lowest BCUT2D eigenvalue weighted by Gasteiger charge is -2.31. The summed E-state index contributed by atoms with van der Waals surface area (Å²) in [7, 11) is 0. The van der Waals surface area contributed by atoms with Crippen LogP contribution in [0.5, 0.6) is 5.75 Å². The van der Waals surface area contributed by atoms with E-state index in [0.717, 1.165) is 16.7 Å². The molecule has 0 aliphatic carbocycles. The van der Waals surface area contributed by atoms with Gasteiger partial charge in [0.05, 0.1) is 13.2 Å². The first-order chi connectivity index (χ1) is 9.59. The van der Waals surface area contributed by atoms with E-state index in [4.69, 9.17) is 0 Å². The van der Waals surface area contributed by atoms with Crippen LogP contribution in [-0.4, -0.2) is 28.5 Å². The molecular weight excluding hydrogens is 252 g/mol. The summed E-state index contributed by atoms with van der Waals surface area (Å²) < 4.78 is 0. The van der Waals surface area contributed by atoms with Crippen molar-refractivity contribution in [1.29, 1.82) is 0 Å². The molecule has 0 saturated carbocycles. The molecule has 0 spiro atoms. The molecule has 2 aromatic carbocycles. The molecule has 20 heavy (non-hydrogen) atoms. The van der Waals surface area contributed by atoms with Gasteiger partial charge in [0.15, 0.2) is 0 Å². The van der Waals surface area contributed by atoms with Gasteiger partial charge in [-0.1, -0.05) is 42.0 Å². The molecular formula is C17H20O3. The zero-order valence-corrected chi connectivity index (χ0v) is 11.6. The molecule has 0 fully saturated rings. The van der Waals surface area contributed by atoms with Crippen molar-refractivity contribution >= 4 is 0 Å². The lowest BCUT2D eigenvalue weighted by atomic mass is 9.76. The number of hydrogen-bond acceptors (Lipinski definition) is 3. The Morgan fingerprint density at radius 2 is 1.65 bits per heavy atom. The van der Waals surface area contributed by atoms with Crippen LogP contribution in [0.2, 0.25) is 0 Å². The summed E-state index contributed by atoms with van der Waals surface area (Å²) in [4.78, 5) is 0. The molecule has 0 aliphatic rings. The van der Waals surface area contributed by atoms with Crippen LogP contribution in [0.3, 0.4) is 0 Å². The first-order valence-corrected chi connectivity index (χ1v) is 6.66. The van der Waals surface area contributed by atoms with E-state index >= 15 is 0 Å². The van der Waals surface area contributed by atoms with Crippen LogP contribution in [0.25, 0.3) is 0 Å². The third-order valence-electron chi connectivity index (χ3n) is 3.69. The fourth-order valence-corrected chi connectivity index (χ4v) is 2.48. The third kappa shape index (κ3) is 3.00. The van der Waals surface area contributed by atoms with E-state index in [9.17, 15) is 15.3 Å². The van der Waals surface area contributed by atoms with Crippen LogP contribution in [0.15, 0.2) is 48.5 Å². The maximum atomic E-state index is 9.83. The second-order valence-corrected chi connectivity index (χ2v) is 5.31. The Morgan fingerprint density at radius 1 is 0.950 bits per heavy atom. The smallest absolute Gasteiger partial charge is 0.115 e. The summed E-state index contributed by atoms with van der Waals surface area (Å²) in [6, 6.07) is 14.7. The van der Waals surface area contributed by atoms with Crippen molar-refractivity contribution in [1.82, 2.24) is 0 Å². The van der Waals surface area contributed by atoms with Crippen LogP contribution >= 0.6 is 0 Å². The zero-order valence-electron chi connectivity index (χ0n) is 11.6. The Bertz CT molecular complexity index is 574. The lowest BCUT2D eigenvalue weighted by molar-refractivity contribution is 0.116. The second kappa shape index (κ2) is 6.07. The standard InChI is InChI=1S/C17H20O3/c1-13-4-2-6-15(8-13)17(11-18,12-19)10-14-5-3-7-16(20)9-14/h2-9,18-20H,10-12H2,1H3. The molecule has 3 nitrogen and oxygen atoms in total. The Hall–Kier alpha value is -1.84. The summed E-state index contributed by atoms with van der Waals surface area (Å²) in [5.41, 5.74) is 2.14. The fourth-order valence-electron chi connectivity index (χ4n) is 2.48. The van der Waals surface area contributed by atoms with Crippen molar-refractivity contribution in [3.05, 3.63) is 65.2 Å². The van der Waals surface area contributed by atoms with Gasteiger partial charge in [-0.05, 0) is 36.6 Å². The van der Waals surface area contributed by atoms with Crippen molar-refractivity contribution in [2.75, 3.05) is 13.2 Å². The highest BCUT2D eigenvalue weighted by Crippen LogP contribution is 2.29. The molecule has 0 amide bonds. The van der Waals surface area contributed by atoms with E-state index in [2.05, 4.69) is 0 Å². The van der Waals surface area contributed by atoms with Gasteiger partial charge in [-0.3, -0.25) is 0 Å². The van der Waals surface area contributed by atoms with Gasteiger partial charge in [0.2, 0.25) is 0 Å². The highest BCUT2D eigenvalue weighted by atomic mass is 16.3. The normalized spacial score (nSPS) is 11.6. The molecule has 2 rings (SSSR count). The summed E-state index contributed by atoms with van der Waals surface area (Å²) in [6.45, 7) is 1.68. The average molecular weight is 272 g/mol. The van der Waals surface area contributed by atoms with E-state index < -0.39 is 5.41 Å². The molecule has 3 heteroatoms. The number of hydrogen-bond donors (Lipinski definition) is 3. The van der Waals surface area contributed by atoms with Gasteiger partial charge in [0, 0.05) is 5.41 Å². The predicted molar refractivity (Wildman–Crippen MR) is 78.8 cm³/mol. The lowest BCUT2D eigenvalue weighted by Crippen LogP contribution is -2.37. The Labute approximate surface area is 119 Å². The molecule has 0 unspecified atom stereocenters. The van der Waals surface area contributed by atoms with E-state index in [0.29, 0.717) is 6.42 Å². The predicted octanol–water partition coefficient (Wildman–Crippen LogP) is 2.17. The van der Waals surface area contributed by atoms with Crippen LogP contribution in [0.4, 0.5) is 0 Å². The molecule has 3 N–H and O–H groups in total. The molecule has 0 bridgehead atoms. The van der Waals surface area contributed by atoms with Crippen LogP contribution in [-0.2, 0) is 11.8 Å². The molecule has 0 aromatic heterocycles. The minimum atomic E-state index is -0.736. The van der Waals surface area contributed by atoms with Crippen molar-refractivity contribution in [2.45, 2.75) is 18.8 Å². The number of benzene rings is 2. The average Bonchev–Trinajstić information content (AvgIpc) is 2.45. The number of rotatable bonds is 5. The topological polar surface area (TPSA) is 60.7 Å². The van der Waals surface area contributed by atoms with Crippen molar-refractivity contribution in [3.63, 3.8) is 0 Å². The number of phenolic OH excluding ortho intramolecular Hbond substituents is 1. The third-order valence-corrected chi connectivity index (χ3v) is 3.69. The largest absolute Gasteiger partial charge is 0.508 e. The van der Waals surface area contributed by atoms with Gasteiger partial charge in [-0.15, -0.1) is 0 Å². The maximum absolute atomic E-state index is 9.83. The Morgan fingerprint density at radius 3 is 2.25 bits per heavy atom. The molecule has 106 valence electrons. The summed E-state index contributed by atoms with van der Waals surface area (Å²) >= 11 is 0. The molecule has 0 aliphatic heterocycles. The van der Waals surface area contributed by atoms with Crippen molar-refractivity contribution in [2.24, 2.45) is 0 Å². The van der Waals surface area contributed by atoms with Crippen molar-refractivity contribution < 1.29 is 15.3 Å². The van der Waals surface area contributed by atoms with Gasteiger partial charge in [-0.2, -0.15) is 0 Å². The van der Waals surface area contributed by atoms with Crippen molar-refractivity contribution in [3.8, 4) is 5.75 Å². The van der Waals surface area contributed by atoms with E-state index in [-0.39, 0.29) is 19.0 Å². The van der Waals surface area contributed by atoms with Gasteiger partial charge >= 0.3 is 0 Å². The molecule has 0 radical (unpaired) electrons.